The predicted octanol–water partition coefficient (Wildman–Crippen LogP) is 4.88. The first-order chi connectivity index (χ1) is 15.6. The van der Waals surface area contributed by atoms with Crippen LogP contribution < -0.4 is 15.4 Å². The summed E-state index contributed by atoms with van der Waals surface area (Å²) in [6.45, 7) is 0.761. The number of ketones is 1. The van der Waals surface area contributed by atoms with Gasteiger partial charge in [-0.1, -0.05) is 6.07 Å². The summed E-state index contributed by atoms with van der Waals surface area (Å²) < 4.78 is 6.26. The second kappa shape index (κ2) is 9.21. The number of carbonyl (C=O) groups excluding carboxylic acids is 2. The van der Waals surface area contributed by atoms with Gasteiger partial charge >= 0.3 is 0 Å². The van der Waals surface area contributed by atoms with E-state index in [-0.39, 0.29) is 17.6 Å². The number of nitrogens with one attached hydrogen (secondary N) is 2. The van der Waals surface area contributed by atoms with Crippen molar-refractivity contribution in [3.8, 4) is 5.75 Å². The number of hydrogen-bond acceptors (Lipinski definition) is 7. The van der Waals surface area contributed by atoms with Crippen LogP contribution in [0.5, 0.6) is 5.75 Å². The second-order valence-corrected chi connectivity index (χ2v) is 10.4. The normalized spacial score (nSPS) is 20.6. The fourth-order valence-electron chi connectivity index (χ4n) is 4.37. The number of Topliss-reactive ketones (excluding diaryl/α,β-unsaturated/α-hetero) is 1. The average molecular weight is 468 g/mol. The van der Waals surface area contributed by atoms with Gasteiger partial charge in [0.2, 0.25) is 5.91 Å². The molecule has 0 bridgehead atoms. The molecule has 1 fully saturated rings. The van der Waals surface area contributed by atoms with E-state index in [2.05, 4.69) is 33.8 Å². The standard InChI is InChI=1S/C24H25N3O3S2/c1-30-17-7-8-18-21(11-17)32-24(27-18)23(29)15-3-5-16(6-4-15)25-12-14-2-9-20-19(10-14)26-22(28)13-31-20/h2,7-11,15-16,25H,3-6,12-13H2,1H3,(H,26,28)/t15-,16-. The molecule has 6 nitrogen and oxygen atoms in total. The summed E-state index contributed by atoms with van der Waals surface area (Å²) in [5.41, 5.74) is 2.93. The first kappa shape index (κ1) is 21.4. The van der Waals surface area contributed by atoms with Crippen LogP contribution >= 0.6 is 23.1 Å². The number of benzene rings is 2. The zero-order chi connectivity index (χ0) is 22.1. The molecule has 2 heterocycles. The molecule has 32 heavy (non-hydrogen) atoms. The number of hydrogen-bond donors (Lipinski definition) is 2. The topological polar surface area (TPSA) is 80.3 Å². The Morgan fingerprint density at radius 1 is 1.19 bits per heavy atom. The first-order valence-electron chi connectivity index (χ1n) is 10.9. The molecule has 1 saturated carbocycles. The second-order valence-electron chi connectivity index (χ2n) is 8.31. The van der Waals surface area contributed by atoms with E-state index in [1.54, 1.807) is 18.9 Å². The lowest BCUT2D eigenvalue weighted by Crippen LogP contribution is -2.34. The Kier molecular flexibility index (Phi) is 6.17. The summed E-state index contributed by atoms with van der Waals surface area (Å²) >= 11 is 3.04. The molecule has 2 aromatic carbocycles. The Hall–Kier alpha value is -2.42. The van der Waals surface area contributed by atoms with Crippen molar-refractivity contribution < 1.29 is 14.3 Å². The van der Waals surface area contributed by atoms with Crippen molar-refractivity contribution in [2.24, 2.45) is 5.92 Å². The van der Waals surface area contributed by atoms with Crippen LogP contribution in [-0.2, 0) is 11.3 Å². The number of ether oxygens (including phenoxy) is 1. The molecule has 0 spiro atoms. The molecule has 0 radical (unpaired) electrons. The molecular weight excluding hydrogens is 442 g/mol. The van der Waals surface area contributed by atoms with E-state index < -0.39 is 0 Å². The smallest absolute Gasteiger partial charge is 0.234 e. The van der Waals surface area contributed by atoms with E-state index in [0.717, 1.165) is 64.3 Å². The maximum atomic E-state index is 13.0. The largest absolute Gasteiger partial charge is 0.497 e. The van der Waals surface area contributed by atoms with E-state index in [9.17, 15) is 9.59 Å². The Balaban J connectivity index is 1.15. The molecule has 3 aromatic rings. The molecule has 1 aliphatic carbocycles. The molecule has 8 heteroatoms. The van der Waals surface area contributed by atoms with Crippen LogP contribution in [0.4, 0.5) is 5.69 Å². The third-order valence-electron chi connectivity index (χ3n) is 6.18. The number of thiazole rings is 1. The third kappa shape index (κ3) is 4.53. The maximum Gasteiger partial charge on any atom is 0.234 e. The van der Waals surface area contributed by atoms with Gasteiger partial charge in [-0.25, -0.2) is 4.98 Å². The summed E-state index contributed by atoms with van der Waals surface area (Å²) in [6, 6.07) is 12.4. The highest BCUT2D eigenvalue weighted by molar-refractivity contribution is 8.00. The lowest BCUT2D eigenvalue weighted by atomic mass is 9.83. The Labute approximate surface area is 195 Å². The highest BCUT2D eigenvalue weighted by Gasteiger charge is 2.28. The fourth-order valence-corrected chi connectivity index (χ4v) is 6.18. The fraction of sp³-hybridized carbons (Fsp3) is 0.375. The van der Waals surface area contributed by atoms with E-state index in [0.29, 0.717) is 16.8 Å². The minimum absolute atomic E-state index is 0.0477. The van der Waals surface area contributed by atoms with Gasteiger partial charge in [0, 0.05) is 23.4 Å². The van der Waals surface area contributed by atoms with Crippen molar-refractivity contribution in [1.82, 2.24) is 10.3 Å². The van der Waals surface area contributed by atoms with Crippen molar-refractivity contribution >= 4 is 50.7 Å². The summed E-state index contributed by atoms with van der Waals surface area (Å²) in [5.74, 6) is 1.55. The van der Waals surface area contributed by atoms with Crippen LogP contribution in [0.3, 0.4) is 0 Å². The summed E-state index contributed by atoms with van der Waals surface area (Å²) in [7, 11) is 1.64. The lowest BCUT2D eigenvalue weighted by Gasteiger charge is -2.28. The first-order valence-corrected chi connectivity index (χ1v) is 12.7. The molecule has 1 amide bonds. The van der Waals surface area contributed by atoms with E-state index >= 15 is 0 Å². The molecule has 0 atom stereocenters. The highest BCUT2D eigenvalue weighted by Crippen LogP contribution is 2.33. The van der Waals surface area contributed by atoms with Crippen molar-refractivity contribution in [2.75, 3.05) is 18.2 Å². The van der Waals surface area contributed by atoms with Gasteiger partial charge in [-0.2, -0.15) is 0 Å². The van der Waals surface area contributed by atoms with Gasteiger partial charge in [0.05, 0.1) is 28.8 Å². The Bertz CT molecular complexity index is 1170. The van der Waals surface area contributed by atoms with Crippen LogP contribution in [0.25, 0.3) is 10.2 Å². The number of fused-ring (bicyclic) bond motifs is 2. The molecule has 1 aromatic heterocycles. The number of thioether (sulfide) groups is 1. The van der Waals surface area contributed by atoms with Gasteiger partial charge in [-0.15, -0.1) is 23.1 Å². The lowest BCUT2D eigenvalue weighted by molar-refractivity contribution is -0.113. The Morgan fingerprint density at radius 3 is 2.84 bits per heavy atom. The van der Waals surface area contributed by atoms with Gasteiger partial charge in [0.1, 0.15) is 5.75 Å². The van der Waals surface area contributed by atoms with Crippen molar-refractivity contribution in [2.45, 2.75) is 43.2 Å². The van der Waals surface area contributed by atoms with Crippen molar-refractivity contribution in [1.29, 1.82) is 0 Å². The summed E-state index contributed by atoms with van der Waals surface area (Å²) in [6.07, 6.45) is 3.72. The summed E-state index contributed by atoms with van der Waals surface area (Å²) in [5, 5.41) is 7.19. The van der Waals surface area contributed by atoms with E-state index in [4.69, 9.17) is 4.74 Å². The van der Waals surface area contributed by atoms with E-state index in [1.807, 2.05) is 18.2 Å². The molecule has 2 N–H and O–H groups in total. The zero-order valence-electron chi connectivity index (χ0n) is 17.8. The van der Waals surface area contributed by atoms with Crippen LogP contribution in [0.15, 0.2) is 41.3 Å². The maximum absolute atomic E-state index is 13.0. The van der Waals surface area contributed by atoms with Gasteiger partial charge in [0.25, 0.3) is 0 Å². The molecule has 5 rings (SSSR count). The van der Waals surface area contributed by atoms with Crippen molar-refractivity contribution in [3.05, 3.63) is 47.0 Å². The SMILES string of the molecule is COc1ccc2nc(C(=O)[C@H]3CC[C@H](NCc4ccc5c(c4)NC(=O)CS5)CC3)sc2c1. The number of anilines is 1. The quantitative estimate of drug-likeness (QED) is 0.503. The van der Waals surface area contributed by atoms with Gasteiger partial charge in [-0.3, -0.25) is 9.59 Å². The molecule has 0 unspecified atom stereocenters. The van der Waals surface area contributed by atoms with E-state index in [1.165, 1.54) is 11.3 Å². The number of rotatable bonds is 6. The predicted molar refractivity (Wildman–Crippen MR) is 129 cm³/mol. The third-order valence-corrected chi connectivity index (χ3v) is 8.28. The number of methoxy groups -OCH3 is 1. The molecular formula is C24H25N3O3S2. The zero-order valence-corrected chi connectivity index (χ0v) is 19.5. The van der Waals surface area contributed by atoms with Crippen LogP contribution in [-0.4, -0.2) is 35.6 Å². The summed E-state index contributed by atoms with van der Waals surface area (Å²) in [4.78, 5) is 30.3. The van der Waals surface area contributed by atoms with Gasteiger partial charge in [0.15, 0.2) is 10.8 Å². The van der Waals surface area contributed by atoms with Crippen molar-refractivity contribution in [3.63, 3.8) is 0 Å². The average Bonchev–Trinajstić information content (AvgIpc) is 3.25. The molecule has 1 aliphatic heterocycles. The number of carbonyl (C=O) groups is 2. The molecule has 2 aliphatic rings. The van der Waals surface area contributed by atoms with Crippen LogP contribution in [0.2, 0.25) is 0 Å². The minimum Gasteiger partial charge on any atom is -0.497 e. The number of amides is 1. The molecule has 0 saturated heterocycles. The number of aromatic nitrogens is 1. The monoisotopic (exact) mass is 467 g/mol. The van der Waals surface area contributed by atoms with Gasteiger partial charge < -0.3 is 15.4 Å². The van der Waals surface area contributed by atoms with Crippen LogP contribution in [0.1, 0.15) is 41.0 Å². The number of nitrogens with zero attached hydrogens (tertiary/aromatic N) is 1. The van der Waals surface area contributed by atoms with Gasteiger partial charge in [-0.05, 0) is 61.6 Å². The van der Waals surface area contributed by atoms with Crippen LogP contribution in [0, 0.1) is 5.92 Å². The highest BCUT2D eigenvalue weighted by atomic mass is 32.2. The minimum atomic E-state index is 0.0477. The Morgan fingerprint density at radius 2 is 2.03 bits per heavy atom. The molecule has 166 valence electrons.